The van der Waals surface area contributed by atoms with Gasteiger partial charge in [-0.05, 0) is 60.2 Å². The van der Waals surface area contributed by atoms with Gasteiger partial charge in [0.25, 0.3) is 5.69 Å². The number of aromatic nitrogens is 1. The molecule has 7 heteroatoms. The van der Waals surface area contributed by atoms with Crippen LogP contribution in [0.25, 0.3) is 26.9 Å². The highest BCUT2D eigenvalue weighted by atomic mass is 32.1. The van der Waals surface area contributed by atoms with E-state index in [2.05, 4.69) is 10.3 Å². The first-order chi connectivity index (χ1) is 14.1. The van der Waals surface area contributed by atoms with E-state index in [9.17, 15) is 14.9 Å². The molecule has 3 aromatic carbocycles. The van der Waals surface area contributed by atoms with Crippen LogP contribution in [0, 0.1) is 10.1 Å². The second-order valence-corrected chi connectivity index (χ2v) is 7.27. The lowest BCUT2D eigenvalue weighted by atomic mass is 10.2. The van der Waals surface area contributed by atoms with Crippen LogP contribution in [0.3, 0.4) is 0 Å². The van der Waals surface area contributed by atoms with Crippen molar-refractivity contribution in [1.29, 1.82) is 0 Å². The lowest BCUT2D eigenvalue weighted by Crippen LogP contribution is -2.07. The summed E-state index contributed by atoms with van der Waals surface area (Å²) >= 11 is 1.63. The van der Waals surface area contributed by atoms with Crippen molar-refractivity contribution in [3.8, 4) is 10.6 Å². The van der Waals surface area contributed by atoms with Gasteiger partial charge in [0, 0.05) is 29.5 Å². The predicted molar refractivity (Wildman–Crippen MR) is 116 cm³/mol. The van der Waals surface area contributed by atoms with Gasteiger partial charge in [0.2, 0.25) is 5.91 Å². The maximum absolute atomic E-state index is 12.1. The number of anilines is 1. The van der Waals surface area contributed by atoms with Crippen molar-refractivity contribution in [1.82, 2.24) is 4.98 Å². The van der Waals surface area contributed by atoms with Gasteiger partial charge in [-0.15, -0.1) is 11.3 Å². The van der Waals surface area contributed by atoms with Crippen molar-refractivity contribution in [2.75, 3.05) is 5.32 Å². The Labute approximate surface area is 170 Å². The molecule has 1 amide bonds. The van der Waals surface area contributed by atoms with Crippen molar-refractivity contribution in [2.45, 2.75) is 0 Å². The summed E-state index contributed by atoms with van der Waals surface area (Å²) in [6.45, 7) is 0. The van der Waals surface area contributed by atoms with Gasteiger partial charge in [0.05, 0.1) is 15.1 Å². The van der Waals surface area contributed by atoms with Crippen LogP contribution in [0.5, 0.6) is 0 Å². The maximum Gasteiger partial charge on any atom is 0.269 e. The molecule has 0 spiro atoms. The third-order valence-corrected chi connectivity index (χ3v) is 5.31. The van der Waals surface area contributed by atoms with Gasteiger partial charge < -0.3 is 5.32 Å². The molecule has 0 aliphatic heterocycles. The highest BCUT2D eigenvalue weighted by Crippen LogP contribution is 2.30. The molecule has 142 valence electrons. The molecule has 0 unspecified atom stereocenters. The molecule has 0 saturated heterocycles. The van der Waals surface area contributed by atoms with Crippen molar-refractivity contribution in [3.63, 3.8) is 0 Å². The Kier molecular flexibility index (Phi) is 5.13. The average molecular weight is 401 g/mol. The number of amides is 1. The summed E-state index contributed by atoms with van der Waals surface area (Å²) in [6.07, 6.45) is 3.00. The Morgan fingerprint density at radius 1 is 1.00 bits per heavy atom. The number of para-hydroxylation sites is 1. The number of nitro benzene ring substituents is 1. The van der Waals surface area contributed by atoms with E-state index in [-0.39, 0.29) is 11.6 Å². The lowest BCUT2D eigenvalue weighted by Gasteiger charge is -2.03. The zero-order chi connectivity index (χ0) is 20.2. The zero-order valence-electron chi connectivity index (χ0n) is 15.1. The van der Waals surface area contributed by atoms with E-state index in [1.807, 2.05) is 48.5 Å². The molecule has 0 aliphatic rings. The van der Waals surface area contributed by atoms with Crippen molar-refractivity contribution >= 4 is 44.9 Å². The minimum atomic E-state index is -0.460. The monoisotopic (exact) mass is 401 g/mol. The Morgan fingerprint density at radius 3 is 2.41 bits per heavy atom. The quantitative estimate of drug-likeness (QED) is 0.271. The third-order valence-electron chi connectivity index (χ3n) is 4.22. The van der Waals surface area contributed by atoms with Gasteiger partial charge >= 0.3 is 0 Å². The molecule has 4 rings (SSSR count). The van der Waals surface area contributed by atoms with Crippen LogP contribution in [0.2, 0.25) is 0 Å². The normalized spacial score (nSPS) is 11.0. The number of nitrogens with zero attached hydrogens (tertiary/aromatic N) is 2. The average Bonchev–Trinajstić information content (AvgIpc) is 3.17. The smallest absolute Gasteiger partial charge is 0.269 e. The number of carbonyl (C=O) groups is 1. The molecule has 6 nitrogen and oxygen atoms in total. The Balaban J connectivity index is 1.41. The zero-order valence-corrected chi connectivity index (χ0v) is 15.9. The topological polar surface area (TPSA) is 85.1 Å². The highest BCUT2D eigenvalue weighted by molar-refractivity contribution is 7.21. The van der Waals surface area contributed by atoms with Crippen molar-refractivity contribution in [2.24, 2.45) is 0 Å². The van der Waals surface area contributed by atoms with Gasteiger partial charge in [0.1, 0.15) is 5.01 Å². The lowest BCUT2D eigenvalue weighted by molar-refractivity contribution is -0.384. The van der Waals surface area contributed by atoms with Crippen molar-refractivity contribution < 1.29 is 9.72 Å². The summed E-state index contributed by atoms with van der Waals surface area (Å²) in [5, 5.41) is 14.4. The number of nitro groups is 1. The molecule has 0 saturated carbocycles. The number of non-ortho nitro benzene ring substituents is 1. The number of benzene rings is 3. The molecule has 1 aromatic heterocycles. The number of hydrogen-bond donors (Lipinski definition) is 1. The van der Waals surface area contributed by atoms with E-state index in [4.69, 9.17) is 0 Å². The number of hydrogen-bond acceptors (Lipinski definition) is 5. The molecule has 1 N–H and O–H groups in total. The first-order valence-electron chi connectivity index (χ1n) is 8.78. The SMILES string of the molecule is O=C(/C=C/c1ccc([N+](=O)[O-])cc1)Nc1ccc(-c2nc3ccccc3s2)cc1. The Bertz CT molecular complexity index is 1180. The number of rotatable bonds is 5. The van der Waals surface area contributed by atoms with Crippen LogP contribution in [0.4, 0.5) is 11.4 Å². The molecule has 4 aromatic rings. The maximum atomic E-state index is 12.1. The Hall–Kier alpha value is -3.84. The fraction of sp³-hybridized carbons (Fsp3) is 0. The summed E-state index contributed by atoms with van der Waals surface area (Å²) in [6, 6.07) is 21.5. The summed E-state index contributed by atoms with van der Waals surface area (Å²) in [7, 11) is 0. The molecule has 0 bridgehead atoms. The number of carbonyl (C=O) groups excluding carboxylic acids is 1. The van der Waals surface area contributed by atoms with Crippen LogP contribution in [-0.4, -0.2) is 15.8 Å². The third kappa shape index (κ3) is 4.36. The molecule has 0 atom stereocenters. The molecular weight excluding hydrogens is 386 g/mol. The summed E-state index contributed by atoms with van der Waals surface area (Å²) in [5.74, 6) is -0.281. The minimum absolute atomic E-state index is 0.0137. The second-order valence-electron chi connectivity index (χ2n) is 6.24. The highest BCUT2D eigenvalue weighted by Gasteiger charge is 2.06. The summed E-state index contributed by atoms with van der Waals surface area (Å²) in [4.78, 5) is 26.9. The molecule has 1 heterocycles. The van der Waals surface area contributed by atoms with Crippen LogP contribution >= 0.6 is 11.3 Å². The number of fused-ring (bicyclic) bond motifs is 1. The number of nitrogens with one attached hydrogen (secondary N) is 1. The van der Waals surface area contributed by atoms with Gasteiger partial charge in [0.15, 0.2) is 0 Å². The molecule has 29 heavy (non-hydrogen) atoms. The van der Waals surface area contributed by atoms with E-state index in [1.54, 1.807) is 29.5 Å². The molecular formula is C22H15N3O3S. The Morgan fingerprint density at radius 2 is 1.72 bits per heavy atom. The van der Waals surface area contributed by atoms with Gasteiger partial charge in [-0.25, -0.2) is 4.98 Å². The van der Waals surface area contributed by atoms with E-state index < -0.39 is 4.92 Å². The molecule has 0 aliphatic carbocycles. The predicted octanol–water partition coefficient (Wildman–Crippen LogP) is 5.52. The van der Waals surface area contributed by atoms with Gasteiger partial charge in [-0.2, -0.15) is 0 Å². The van der Waals surface area contributed by atoms with Crippen molar-refractivity contribution in [3.05, 3.63) is 94.6 Å². The number of thiazole rings is 1. The van der Waals surface area contributed by atoms with Crippen LogP contribution in [-0.2, 0) is 4.79 Å². The second kappa shape index (κ2) is 8.04. The first kappa shape index (κ1) is 18.5. The van der Waals surface area contributed by atoms with Crippen LogP contribution in [0.15, 0.2) is 78.9 Å². The van der Waals surface area contributed by atoms with Crippen LogP contribution in [0.1, 0.15) is 5.56 Å². The molecule has 0 radical (unpaired) electrons. The summed E-state index contributed by atoms with van der Waals surface area (Å²) < 4.78 is 1.14. The van der Waals surface area contributed by atoms with E-state index in [0.717, 1.165) is 20.8 Å². The van der Waals surface area contributed by atoms with Gasteiger partial charge in [-0.3, -0.25) is 14.9 Å². The fourth-order valence-corrected chi connectivity index (χ4v) is 3.73. The molecule has 0 fully saturated rings. The first-order valence-corrected chi connectivity index (χ1v) is 9.60. The summed E-state index contributed by atoms with van der Waals surface area (Å²) in [5.41, 5.74) is 3.36. The van der Waals surface area contributed by atoms with Crippen LogP contribution < -0.4 is 5.32 Å². The minimum Gasteiger partial charge on any atom is -0.323 e. The van der Waals surface area contributed by atoms with E-state index >= 15 is 0 Å². The van der Waals surface area contributed by atoms with Gasteiger partial charge in [-0.1, -0.05) is 12.1 Å². The van der Waals surface area contributed by atoms with E-state index in [0.29, 0.717) is 11.3 Å². The standard InChI is InChI=1S/C22H15N3O3S/c26-21(14-7-15-5-12-18(13-6-15)25(27)28)23-17-10-8-16(9-11-17)22-24-19-3-1-2-4-20(19)29-22/h1-14H,(H,23,26)/b14-7+. The fourth-order valence-electron chi connectivity index (χ4n) is 2.75. The largest absolute Gasteiger partial charge is 0.323 e. The van der Waals surface area contributed by atoms with E-state index in [1.165, 1.54) is 18.2 Å².